The van der Waals surface area contributed by atoms with Crippen LogP contribution < -0.4 is 5.32 Å². The monoisotopic (exact) mass is 269 g/mol. The largest absolute Gasteiger partial charge is 0.444 e. The highest BCUT2D eigenvalue weighted by molar-refractivity contribution is 5.82. The third-order valence-electron chi connectivity index (χ3n) is 3.42. The third-order valence-corrected chi connectivity index (χ3v) is 3.42. The molecule has 4 heteroatoms. The lowest BCUT2D eigenvalue weighted by molar-refractivity contribution is -0.126. The highest BCUT2D eigenvalue weighted by atomic mass is 16.6. The van der Waals surface area contributed by atoms with Crippen LogP contribution >= 0.6 is 0 Å². The summed E-state index contributed by atoms with van der Waals surface area (Å²) in [5, 5.41) is 2.89. The summed E-state index contributed by atoms with van der Waals surface area (Å²) in [6, 6.07) is 0.145. The minimum absolute atomic E-state index is 0.111. The highest BCUT2D eigenvalue weighted by Crippen LogP contribution is 2.27. The maximum Gasteiger partial charge on any atom is 0.407 e. The number of ether oxygens (including phenoxy) is 1. The van der Waals surface area contributed by atoms with Gasteiger partial charge in [-0.1, -0.05) is 13.8 Å². The zero-order chi connectivity index (χ0) is 14.6. The van der Waals surface area contributed by atoms with Gasteiger partial charge in [0.15, 0.2) is 0 Å². The number of alkyl carbamates (subject to hydrolysis) is 1. The van der Waals surface area contributed by atoms with E-state index < -0.39 is 5.60 Å². The van der Waals surface area contributed by atoms with Crippen molar-refractivity contribution in [1.29, 1.82) is 0 Å². The van der Waals surface area contributed by atoms with Gasteiger partial charge in [-0.2, -0.15) is 0 Å². The Hall–Kier alpha value is -1.06. The van der Waals surface area contributed by atoms with Crippen molar-refractivity contribution in [1.82, 2.24) is 5.32 Å². The second-order valence-electron chi connectivity index (χ2n) is 6.75. The molecule has 1 fully saturated rings. The minimum Gasteiger partial charge on any atom is -0.444 e. The Morgan fingerprint density at radius 3 is 2.05 bits per heavy atom. The summed E-state index contributed by atoms with van der Waals surface area (Å²) in [5.41, 5.74) is -0.463. The molecule has 0 atom stereocenters. The molecule has 0 unspecified atom stereocenters. The first kappa shape index (κ1) is 16.0. The first-order valence-corrected chi connectivity index (χ1v) is 7.22. The molecule has 0 saturated heterocycles. The first-order valence-electron chi connectivity index (χ1n) is 7.22. The van der Waals surface area contributed by atoms with Gasteiger partial charge in [0.05, 0.1) is 0 Å². The van der Waals surface area contributed by atoms with Gasteiger partial charge in [0.1, 0.15) is 11.4 Å². The number of nitrogens with one attached hydrogen (secondary N) is 1. The van der Waals surface area contributed by atoms with Gasteiger partial charge >= 0.3 is 6.09 Å². The molecular weight excluding hydrogens is 242 g/mol. The van der Waals surface area contributed by atoms with Gasteiger partial charge in [-0.3, -0.25) is 4.79 Å². The summed E-state index contributed by atoms with van der Waals surface area (Å²) >= 11 is 0. The molecule has 1 rings (SSSR count). The van der Waals surface area contributed by atoms with Crippen molar-refractivity contribution in [3.63, 3.8) is 0 Å². The van der Waals surface area contributed by atoms with E-state index in [-0.39, 0.29) is 24.0 Å². The van der Waals surface area contributed by atoms with E-state index in [0.717, 1.165) is 25.7 Å². The van der Waals surface area contributed by atoms with Crippen molar-refractivity contribution >= 4 is 11.9 Å². The number of Topliss-reactive ketones (excluding diaryl/α,β-unsaturated/α-hetero) is 1. The number of rotatable bonds is 3. The lowest BCUT2D eigenvalue weighted by Gasteiger charge is -2.30. The van der Waals surface area contributed by atoms with Crippen LogP contribution in [-0.2, 0) is 9.53 Å². The molecule has 0 aromatic rings. The van der Waals surface area contributed by atoms with Gasteiger partial charge in [0.25, 0.3) is 0 Å². The molecule has 0 aliphatic heterocycles. The number of carbonyl (C=O) groups excluding carboxylic acids is 2. The Balaban J connectivity index is 2.34. The fourth-order valence-corrected chi connectivity index (χ4v) is 2.47. The van der Waals surface area contributed by atoms with Crippen LogP contribution in [0.2, 0.25) is 0 Å². The number of hydrogen-bond donors (Lipinski definition) is 1. The van der Waals surface area contributed by atoms with Gasteiger partial charge in [-0.05, 0) is 46.5 Å². The SMILES string of the molecule is CC(C)C(=O)C1CCC(NC(=O)OC(C)(C)C)CC1. The second-order valence-corrected chi connectivity index (χ2v) is 6.75. The maximum atomic E-state index is 11.9. The summed E-state index contributed by atoms with van der Waals surface area (Å²) in [6.45, 7) is 9.46. The van der Waals surface area contributed by atoms with Crippen molar-refractivity contribution in [2.24, 2.45) is 11.8 Å². The van der Waals surface area contributed by atoms with Crippen molar-refractivity contribution < 1.29 is 14.3 Å². The van der Waals surface area contributed by atoms with E-state index in [1.807, 2.05) is 34.6 Å². The topological polar surface area (TPSA) is 55.4 Å². The molecule has 19 heavy (non-hydrogen) atoms. The molecule has 1 amide bonds. The number of carbonyl (C=O) groups is 2. The zero-order valence-electron chi connectivity index (χ0n) is 12.8. The molecule has 1 aliphatic rings. The average Bonchev–Trinajstić information content (AvgIpc) is 2.26. The Morgan fingerprint density at radius 1 is 1.11 bits per heavy atom. The second kappa shape index (κ2) is 6.40. The van der Waals surface area contributed by atoms with Crippen molar-refractivity contribution in [2.45, 2.75) is 71.9 Å². The summed E-state index contributed by atoms with van der Waals surface area (Å²) in [4.78, 5) is 23.6. The van der Waals surface area contributed by atoms with Gasteiger partial charge in [0.2, 0.25) is 0 Å². The van der Waals surface area contributed by atoms with Crippen LogP contribution in [0.3, 0.4) is 0 Å². The molecule has 110 valence electrons. The minimum atomic E-state index is -0.463. The highest BCUT2D eigenvalue weighted by Gasteiger charge is 2.29. The van der Waals surface area contributed by atoms with Crippen LogP contribution in [0.15, 0.2) is 0 Å². The molecule has 0 heterocycles. The van der Waals surface area contributed by atoms with Crippen molar-refractivity contribution in [2.75, 3.05) is 0 Å². The van der Waals surface area contributed by atoms with Crippen LogP contribution in [-0.4, -0.2) is 23.5 Å². The Labute approximate surface area is 116 Å². The molecule has 1 saturated carbocycles. The van der Waals surface area contributed by atoms with Gasteiger partial charge in [-0.25, -0.2) is 4.79 Å². The Bertz CT molecular complexity index is 323. The van der Waals surface area contributed by atoms with Crippen molar-refractivity contribution in [3.05, 3.63) is 0 Å². The van der Waals surface area contributed by atoms with E-state index in [0.29, 0.717) is 5.78 Å². The predicted octanol–water partition coefficient (Wildman–Crippen LogP) is 3.30. The van der Waals surface area contributed by atoms with Crippen LogP contribution in [0.5, 0.6) is 0 Å². The first-order chi connectivity index (χ1) is 8.69. The molecular formula is C15H27NO3. The van der Waals surface area contributed by atoms with E-state index in [9.17, 15) is 9.59 Å². The van der Waals surface area contributed by atoms with Gasteiger partial charge < -0.3 is 10.1 Å². The normalized spacial score (nSPS) is 24.1. The number of amides is 1. The van der Waals surface area contributed by atoms with Crippen molar-refractivity contribution in [3.8, 4) is 0 Å². The number of ketones is 1. The lowest BCUT2D eigenvalue weighted by Crippen LogP contribution is -2.41. The summed E-state index contributed by atoms with van der Waals surface area (Å²) in [6.07, 6.45) is 3.12. The van der Waals surface area contributed by atoms with E-state index >= 15 is 0 Å². The maximum absolute atomic E-state index is 11.9. The molecule has 0 spiro atoms. The smallest absolute Gasteiger partial charge is 0.407 e. The van der Waals surface area contributed by atoms with Crippen LogP contribution in [0.1, 0.15) is 60.3 Å². The summed E-state index contributed by atoms with van der Waals surface area (Å²) in [7, 11) is 0. The van der Waals surface area contributed by atoms with Gasteiger partial charge in [0, 0.05) is 17.9 Å². The molecule has 0 radical (unpaired) electrons. The third kappa shape index (κ3) is 5.62. The summed E-state index contributed by atoms with van der Waals surface area (Å²) in [5.74, 6) is 0.646. The lowest BCUT2D eigenvalue weighted by atomic mass is 9.80. The molecule has 0 aromatic heterocycles. The van der Waals surface area contributed by atoms with E-state index in [4.69, 9.17) is 4.74 Å². The molecule has 1 aliphatic carbocycles. The number of hydrogen-bond acceptors (Lipinski definition) is 3. The molecule has 0 aromatic carbocycles. The standard InChI is InChI=1S/C15H27NO3/c1-10(2)13(17)11-6-8-12(9-7-11)16-14(18)19-15(3,4)5/h10-12H,6-9H2,1-5H3,(H,16,18). The van der Waals surface area contributed by atoms with E-state index in [1.165, 1.54) is 0 Å². The zero-order valence-corrected chi connectivity index (χ0v) is 12.8. The Kier molecular flexibility index (Phi) is 5.39. The van der Waals surface area contributed by atoms with E-state index in [2.05, 4.69) is 5.32 Å². The molecule has 4 nitrogen and oxygen atoms in total. The predicted molar refractivity (Wildman–Crippen MR) is 75.0 cm³/mol. The van der Waals surface area contributed by atoms with Crippen LogP contribution in [0.25, 0.3) is 0 Å². The fraction of sp³-hybridized carbons (Fsp3) is 0.867. The molecule has 1 N–H and O–H groups in total. The van der Waals surface area contributed by atoms with Gasteiger partial charge in [-0.15, -0.1) is 0 Å². The molecule has 0 bridgehead atoms. The van der Waals surface area contributed by atoms with E-state index in [1.54, 1.807) is 0 Å². The summed E-state index contributed by atoms with van der Waals surface area (Å²) < 4.78 is 5.24. The van der Waals surface area contributed by atoms with Crippen LogP contribution in [0, 0.1) is 11.8 Å². The van der Waals surface area contributed by atoms with Crippen LogP contribution in [0.4, 0.5) is 4.79 Å². The fourth-order valence-electron chi connectivity index (χ4n) is 2.47. The quantitative estimate of drug-likeness (QED) is 0.855. The Morgan fingerprint density at radius 2 is 1.63 bits per heavy atom. The average molecular weight is 269 g/mol.